The number of benzene rings is 1. The van der Waals surface area contributed by atoms with Gasteiger partial charge in [-0.25, -0.2) is 4.39 Å². The Morgan fingerprint density at radius 1 is 1.17 bits per heavy atom. The van der Waals surface area contributed by atoms with Crippen LogP contribution in [-0.4, -0.2) is 27.8 Å². The van der Waals surface area contributed by atoms with Crippen LogP contribution in [0.2, 0.25) is 0 Å². The predicted octanol–water partition coefficient (Wildman–Crippen LogP) is 2.92. The molecule has 0 spiro atoms. The minimum atomic E-state index is -0.420. The van der Waals surface area contributed by atoms with Crippen LogP contribution in [0, 0.1) is 5.82 Å². The van der Waals surface area contributed by atoms with Crippen LogP contribution in [0.25, 0.3) is 22.6 Å². The highest BCUT2D eigenvalue weighted by atomic mass is 19.1. The molecule has 2 heterocycles. The van der Waals surface area contributed by atoms with E-state index in [0.717, 1.165) is 11.8 Å². The number of aromatic nitrogens is 3. The molecule has 0 amide bonds. The first kappa shape index (κ1) is 14.9. The summed E-state index contributed by atoms with van der Waals surface area (Å²) in [5, 5.41) is 4.45. The van der Waals surface area contributed by atoms with E-state index < -0.39 is 11.8 Å². The second-order valence-electron chi connectivity index (χ2n) is 4.88. The van der Waals surface area contributed by atoms with Crippen molar-refractivity contribution in [3.8, 4) is 22.6 Å². The van der Waals surface area contributed by atoms with Crippen LogP contribution in [0.5, 0.6) is 0 Å². The molecule has 3 rings (SSSR count). The number of methoxy groups -OCH3 is 1. The quantitative estimate of drug-likeness (QED) is 0.695. The van der Waals surface area contributed by atoms with E-state index in [1.54, 1.807) is 6.07 Å². The fraction of sp³-hybridized carbons (Fsp3) is 0.118. The normalized spacial score (nSPS) is 10.5. The van der Waals surface area contributed by atoms with Gasteiger partial charge in [-0.2, -0.15) is 5.10 Å². The van der Waals surface area contributed by atoms with Gasteiger partial charge in [0.1, 0.15) is 12.4 Å². The summed E-state index contributed by atoms with van der Waals surface area (Å²) in [7, 11) is 1.32. The number of carbonyl (C=O) groups is 1. The summed E-state index contributed by atoms with van der Waals surface area (Å²) >= 11 is 0. The second kappa shape index (κ2) is 6.39. The van der Waals surface area contributed by atoms with Gasteiger partial charge in [-0.1, -0.05) is 30.3 Å². The number of ether oxygens (including phenoxy) is 1. The Kier molecular flexibility index (Phi) is 4.14. The summed E-state index contributed by atoms with van der Waals surface area (Å²) in [4.78, 5) is 15.7. The van der Waals surface area contributed by atoms with Gasteiger partial charge in [0.25, 0.3) is 0 Å². The van der Waals surface area contributed by atoms with E-state index in [1.807, 2.05) is 36.4 Å². The van der Waals surface area contributed by atoms with Crippen molar-refractivity contribution in [1.82, 2.24) is 14.8 Å². The average molecular weight is 311 g/mol. The van der Waals surface area contributed by atoms with Crippen molar-refractivity contribution in [2.45, 2.75) is 6.54 Å². The molecule has 0 aliphatic rings. The topological polar surface area (TPSA) is 57.0 Å². The van der Waals surface area contributed by atoms with E-state index in [9.17, 15) is 9.18 Å². The Morgan fingerprint density at radius 2 is 1.96 bits per heavy atom. The van der Waals surface area contributed by atoms with Crippen molar-refractivity contribution in [3.63, 3.8) is 0 Å². The molecule has 0 N–H and O–H groups in total. The lowest BCUT2D eigenvalue weighted by Gasteiger charge is -2.05. The molecule has 0 unspecified atom stereocenters. The fourth-order valence-electron chi connectivity index (χ4n) is 2.21. The van der Waals surface area contributed by atoms with Crippen molar-refractivity contribution in [3.05, 3.63) is 60.5 Å². The number of pyridine rings is 1. The summed E-state index contributed by atoms with van der Waals surface area (Å²) in [5.74, 6) is -0.841. The molecule has 5 nitrogen and oxygen atoms in total. The largest absolute Gasteiger partial charge is 0.468 e. The zero-order valence-corrected chi connectivity index (χ0v) is 12.4. The molecule has 0 atom stereocenters. The maximum atomic E-state index is 13.1. The summed E-state index contributed by atoms with van der Waals surface area (Å²) in [6, 6.07) is 14.3. The standard InChI is InChI=1S/C17H14FN3O2/c1-23-17(22)11-21-16(14-8-7-13(18)10-19-14)9-15(20-21)12-5-3-2-4-6-12/h2-10H,11H2,1H3. The highest BCUT2D eigenvalue weighted by Crippen LogP contribution is 2.25. The molecule has 3 aromatic rings. The van der Waals surface area contributed by atoms with Crippen LogP contribution in [0.4, 0.5) is 4.39 Å². The van der Waals surface area contributed by atoms with Crippen LogP contribution in [0.3, 0.4) is 0 Å². The molecular weight excluding hydrogens is 297 g/mol. The van der Waals surface area contributed by atoms with Gasteiger partial charge in [0.15, 0.2) is 0 Å². The number of esters is 1. The van der Waals surface area contributed by atoms with E-state index in [2.05, 4.69) is 10.1 Å². The first-order chi connectivity index (χ1) is 11.2. The smallest absolute Gasteiger partial charge is 0.327 e. The second-order valence-corrected chi connectivity index (χ2v) is 4.88. The first-order valence-electron chi connectivity index (χ1n) is 6.99. The van der Waals surface area contributed by atoms with E-state index in [1.165, 1.54) is 17.9 Å². The molecule has 2 aromatic heterocycles. The Hall–Kier alpha value is -3.02. The summed E-state index contributed by atoms with van der Waals surface area (Å²) in [5.41, 5.74) is 2.77. The molecule has 23 heavy (non-hydrogen) atoms. The first-order valence-corrected chi connectivity index (χ1v) is 6.99. The lowest BCUT2D eigenvalue weighted by molar-refractivity contribution is -0.141. The summed E-state index contributed by atoms with van der Waals surface area (Å²) in [6.07, 6.45) is 1.13. The van der Waals surface area contributed by atoms with E-state index in [-0.39, 0.29) is 6.54 Å². The maximum Gasteiger partial charge on any atom is 0.327 e. The Morgan fingerprint density at radius 3 is 2.61 bits per heavy atom. The molecule has 0 radical (unpaired) electrons. The van der Waals surface area contributed by atoms with Crippen molar-refractivity contribution in [2.75, 3.05) is 7.11 Å². The van der Waals surface area contributed by atoms with Gasteiger partial charge < -0.3 is 4.74 Å². The van der Waals surface area contributed by atoms with Crippen molar-refractivity contribution in [2.24, 2.45) is 0 Å². The minimum absolute atomic E-state index is 0.0439. The van der Waals surface area contributed by atoms with Gasteiger partial charge in [-0.15, -0.1) is 0 Å². The third kappa shape index (κ3) is 3.26. The number of hydrogen-bond acceptors (Lipinski definition) is 4. The van der Waals surface area contributed by atoms with Gasteiger partial charge in [-0.3, -0.25) is 14.5 Å². The van der Waals surface area contributed by atoms with Crippen LogP contribution < -0.4 is 0 Å². The van der Waals surface area contributed by atoms with Gasteiger partial charge in [0, 0.05) is 5.56 Å². The Bertz CT molecular complexity index is 814. The Balaban J connectivity index is 2.06. The maximum absolute atomic E-state index is 13.1. The van der Waals surface area contributed by atoms with Crippen LogP contribution in [-0.2, 0) is 16.1 Å². The minimum Gasteiger partial charge on any atom is -0.468 e. The summed E-state index contributed by atoms with van der Waals surface area (Å²) < 4.78 is 19.3. The zero-order valence-electron chi connectivity index (χ0n) is 12.4. The molecule has 0 saturated carbocycles. The third-order valence-corrected chi connectivity index (χ3v) is 3.35. The lowest BCUT2D eigenvalue weighted by Crippen LogP contribution is -2.14. The Labute approximate surface area is 132 Å². The predicted molar refractivity (Wildman–Crippen MR) is 82.9 cm³/mol. The van der Waals surface area contributed by atoms with Gasteiger partial charge >= 0.3 is 5.97 Å². The van der Waals surface area contributed by atoms with Crippen molar-refractivity contribution in [1.29, 1.82) is 0 Å². The number of hydrogen-bond donors (Lipinski definition) is 0. The molecule has 116 valence electrons. The van der Waals surface area contributed by atoms with Gasteiger partial charge in [0.05, 0.1) is 30.4 Å². The third-order valence-electron chi connectivity index (χ3n) is 3.35. The van der Waals surface area contributed by atoms with E-state index >= 15 is 0 Å². The molecule has 0 fully saturated rings. The number of carbonyl (C=O) groups excluding carboxylic acids is 1. The molecule has 0 aliphatic heterocycles. The molecule has 0 saturated heterocycles. The number of halogens is 1. The van der Waals surface area contributed by atoms with Crippen molar-refractivity contribution < 1.29 is 13.9 Å². The molecular formula is C17H14FN3O2. The number of nitrogens with zero attached hydrogens (tertiary/aromatic N) is 3. The zero-order chi connectivity index (χ0) is 16.2. The van der Waals surface area contributed by atoms with E-state index in [0.29, 0.717) is 17.1 Å². The van der Waals surface area contributed by atoms with Crippen LogP contribution >= 0.6 is 0 Å². The van der Waals surface area contributed by atoms with Gasteiger partial charge in [0.2, 0.25) is 0 Å². The van der Waals surface area contributed by atoms with E-state index in [4.69, 9.17) is 4.74 Å². The molecule has 0 aliphatic carbocycles. The molecule has 6 heteroatoms. The highest BCUT2D eigenvalue weighted by molar-refractivity contribution is 5.72. The SMILES string of the molecule is COC(=O)Cn1nc(-c2ccccc2)cc1-c1ccc(F)cn1. The fourth-order valence-corrected chi connectivity index (χ4v) is 2.21. The number of rotatable bonds is 4. The van der Waals surface area contributed by atoms with Crippen LogP contribution in [0.1, 0.15) is 0 Å². The van der Waals surface area contributed by atoms with Gasteiger partial charge in [-0.05, 0) is 18.2 Å². The van der Waals surface area contributed by atoms with Crippen molar-refractivity contribution >= 4 is 5.97 Å². The average Bonchev–Trinajstić information content (AvgIpc) is 3.00. The molecule has 1 aromatic carbocycles. The van der Waals surface area contributed by atoms with Crippen LogP contribution in [0.15, 0.2) is 54.7 Å². The lowest BCUT2D eigenvalue weighted by atomic mass is 10.1. The molecule has 0 bridgehead atoms. The highest BCUT2D eigenvalue weighted by Gasteiger charge is 2.15. The summed E-state index contributed by atoms with van der Waals surface area (Å²) in [6.45, 7) is -0.0439. The monoisotopic (exact) mass is 311 g/mol.